The van der Waals surface area contributed by atoms with Crippen LogP contribution in [0, 0.1) is 0 Å². The smallest absolute Gasteiger partial charge is 0.329 e. The number of hydrogen-bond acceptors (Lipinski definition) is 4. The lowest BCUT2D eigenvalue weighted by Crippen LogP contribution is -2.33. The number of nitrogens with zero attached hydrogens (tertiary/aromatic N) is 2. The largest absolute Gasteiger partial charge is 0.361 e. The molecule has 0 aliphatic rings. The van der Waals surface area contributed by atoms with E-state index in [0.717, 1.165) is 5.56 Å². The van der Waals surface area contributed by atoms with Gasteiger partial charge in [-0.2, -0.15) is 5.10 Å². The maximum atomic E-state index is 10.8. The number of carbonyl (C=O) groups excluding carboxylic acids is 2. The van der Waals surface area contributed by atoms with E-state index in [1.165, 1.54) is 0 Å². The molecule has 2 amide bonds. The highest BCUT2D eigenvalue weighted by Crippen LogP contribution is 1.96. The molecular weight excluding hydrogens is 196 g/mol. The van der Waals surface area contributed by atoms with Crippen LogP contribution in [-0.2, 0) is 9.59 Å². The van der Waals surface area contributed by atoms with Crippen LogP contribution in [0.3, 0.4) is 0 Å². The summed E-state index contributed by atoms with van der Waals surface area (Å²) in [7, 11) is 0. The summed E-state index contributed by atoms with van der Waals surface area (Å²) in [6, 6.07) is 3.52. The fourth-order valence-corrected chi connectivity index (χ4v) is 0.831. The second-order valence-corrected chi connectivity index (χ2v) is 2.74. The van der Waals surface area contributed by atoms with Crippen molar-refractivity contribution in [3.63, 3.8) is 0 Å². The average Bonchev–Trinajstić information content (AvgIpc) is 2.26. The standard InChI is InChI=1S/C9H10N4O2/c1-6(7-3-2-4-11-5-7)12-13-9(15)8(10)14/h2-5H,1H3,(H2,10,14)(H,13,15). The van der Waals surface area contributed by atoms with Crippen molar-refractivity contribution in [1.82, 2.24) is 10.4 Å². The molecule has 1 aromatic rings. The fraction of sp³-hybridized carbons (Fsp3) is 0.111. The van der Waals surface area contributed by atoms with Crippen molar-refractivity contribution in [2.45, 2.75) is 6.92 Å². The topological polar surface area (TPSA) is 97.4 Å². The van der Waals surface area contributed by atoms with Crippen LogP contribution in [0.4, 0.5) is 0 Å². The first kappa shape index (κ1) is 10.8. The number of hydrogen-bond donors (Lipinski definition) is 2. The summed E-state index contributed by atoms with van der Waals surface area (Å²) in [5, 5.41) is 3.69. The molecule has 3 N–H and O–H groups in total. The number of pyridine rings is 1. The summed E-state index contributed by atoms with van der Waals surface area (Å²) in [6.45, 7) is 1.68. The average molecular weight is 206 g/mol. The van der Waals surface area contributed by atoms with Crippen molar-refractivity contribution in [3.8, 4) is 0 Å². The zero-order valence-corrected chi connectivity index (χ0v) is 8.10. The van der Waals surface area contributed by atoms with Gasteiger partial charge < -0.3 is 5.73 Å². The minimum Gasteiger partial charge on any atom is -0.361 e. The third-order valence-electron chi connectivity index (χ3n) is 1.63. The van der Waals surface area contributed by atoms with Crippen LogP contribution in [0.25, 0.3) is 0 Å². The molecule has 0 saturated heterocycles. The number of amides is 2. The molecule has 0 saturated carbocycles. The van der Waals surface area contributed by atoms with Crippen molar-refractivity contribution in [1.29, 1.82) is 0 Å². The molecule has 6 heteroatoms. The van der Waals surface area contributed by atoms with Crippen molar-refractivity contribution in [3.05, 3.63) is 30.1 Å². The van der Waals surface area contributed by atoms with E-state index in [9.17, 15) is 9.59 Å². The lowest BCUT2D eigenvalue weighted by Gasteiger charge is -1.99. The van der Waals surface area contributed by atoms with Gasteiger partial charge in [-0.25, -0.2) is 5.43 Å². The van der Waals surface area contributed by atoms with Crippen LogP contribution in [-0.4, -0.2) is 22.5 Å². The number of hydrazone groups is 1. The Bertz CT molecular complexity index is 400. The Labute approximate surface area is 86.2 Å². The van der Waals surface area contributed by atoms with Gasteiger partial charge in [-0.15, -0.1) is 0 Å². The molecular formula is C9H10N4O2. The minimum atomic E-state index is -1.07. The third-order valence-corrected chi connectivity index (χ3v) is 1.63. The molecule has 0 bridgehead atoms. The first-order valence-electron chi connectivity index (χ1n) is 4.15. The van der Waals surface area contributed by atoms with Crippen molar-refractivity contribution < 1.29 is 9.59 Å². The normalized spacial score (nSPS) is 10.9. The van der Waals surface area contributed by atoms with E-state index in [-0.39, 0.29) is 0 Å². The number of carbonyl (C=O) groups is 2. The lowest BCUT2D eigenvalue weighted by atomic mass is 10.2. The Morgan fingerprint density at radius 1 is 1.53 bits per heavy atom. The number of aromatic nitrogens is 1. The molecule has 0 unspecified atom stereocenters. The molecule has 0 spiro atoms. The quantitative estimate of drug-likeness (QED) is 0.384. The first-order chi connectivity index (χ1) is 7.11. The Hall–Kier alpha value is -2.24. The van der Waals surface area contributed by atoms with E-state index in [0.29, 0.717) is 5.71 Å². The monoisotopic (exact) mass is 206 g/mol. The van der Waals surface area contributed by atoms with Crippen LogP contribution < -0.4 is 11.2 Å². The first-order valence-corrected chi connectivity index (χ1v) is 4.15. The summed E-state index contributed by atoms with van der Waals surface area (Å²) in [6.07, 6.45) is 3.22. The molecule has 1 rings (SSSR count). The zero-order valence-electron chi connectivity index (χ0n) is 8.10. The maximum absolute atomic E-state index is 10.8. The molecule has 0 aliphatic carbocycles. The van der Waals surface area contributed by atoms with E-state index in [1.807, 2.05) is 5.43 Å². The second kappa shape index (κ2) is 4.85. The minimum absolute atomic E-state index is 0.540. The van der Waals surface area contributed by atoms with Gasteiger partial charge in [0.1, 0.15) is 0 Å². The molecule has 1 aromatic heterocycles. The summed E-state index contributed by atoms with van der Waals surface area (Å²) >= 11 is 0. The molecule has 6 nitrogen and oxygen atoms in total. The van der Waals surface area contributed by atoms with Crippen LogP contribution in [0.1, 0.15) is 12.5 Å². The van der Waals surface area contributed by atoms with Gasteiger partial charge in [0.25, 0.3) is 0 Å². The summed E-state index contributed by atoms with van der Waals surface area (Å²) in [5.74, 6) is -2.02. The van der Waals surface area contributed by atoms with Gasteiger partial charge in [-0.1, -0.05) is 6.07 Å². The highest BCUT2D eigenvalue weighted by molar-refractivity contribution is 6.34. The molecule has 0 radical (unpaired) electrons. The van der Waals surface area contributed by atoms with E-state index >= 15 is 0 Å². The Morgan fingerprint density at radius 2 is 2.27 bits per heavy atom. The van der Waals surface area contributed by atoms with Gasteiger partial charge in [-0.05, 0) is 13.0 Å². The van der Waals surface area contributed by atoms with Crippen LogP contribution in [0.2, 0.25) is 0 Å². The fourth-order valence-electron chi connectivity index (χ4n) is 0.831. The van der Waals surface area contributed by atoms with E-state index < -0.39 is 11.8 Å². The lowest BCUT2D eigenvalue weighted by molar-refractivity contribution is -0.137. The Morgan fingerprint density at radius 3 is 2.80 bits per heavy atom. The zero-order chi connectivity index (χ0) is 11.3. The second-order valence-electron chi connectivity index (χ2n) is 2.74. The van der Waals surface area contributed by atoms with Gasteiger partial charge >= 0.3 is 11.8 Å². The Balaban J connectivity index is 2.69. The molecule has 15 heavy (non-hydrogen) atoms. The van der Waals surface area contributed by atoms with Gasteiger partial charge in [0.15, 0.2) is 0 Å². The van der Waals surface area contributed by atoms with Crippen molar-refractivity contribution >= 4 is 17.5 Å². The number of rotatable bonds is 2. The number of nitrogens with one attached hydrogen (secondary N) is 1. The SMILES string of the molecule is CC(=NNC(=O)C(N)=O)c1cccnc1. The van der Waals surface area contributed by atoms with Crippen molar-refractivity contribution in [2.24, 2.45) is 10.8 Å². The highest BCUT2D eigenvalue weighted by atomic mass is 16.2. The van der Waals surface area contributed by atoms with Gasteiger partial charge in [0.2, 0.25) is 0 Å². The van der Waals surface area contributed by atoms with E-state index in [4.69, 9.17) is 5.73 Å². The Kier molecular flexibility index (Phi) is 3.50. The number of nitrogens with two attached hydrogens (primary N) is 1. The highest BCUT2D eigenvalue weighted by Gasteiger charge is 2.06. The molecule has 78 valence electrons. The predicted octanol–water partition coefficient (Wildman–Crippen LogP) is -0.593. The molecule has 0 atom stereocenters. The molecule has 0 aliphatic heterocycles. The van der Waals surface area contributed by atoms with Gasteiger partial charge in [-0.3, -0.25) is 14.6 Å². The summed E-state index contributed by atoms with van der Waals surface area (Å²) in [5.41, 5.74) is 8.05. The predicted molar refractivity (Wildman–Crippen MR) is 53.8 cm³/mol. The van der Waals surface area contributed by atoms with Crippen LogP contribution in [0.15, 0.2) is 29.6 Å². The van der Waals surface area contributed by atoms with Crippen LogP contribution >= 0.6 is 0 Å². The van der Waals surface area contributed by atoms with Crippen molar-refractivity contribution in [2.75, 3.05) is 0 Å². The number of primary amides is 1. The third kappa shape index (κ3) is 3.18. The van der Waals surface area contributed by atoms with Gasteiger partial charge in [0.05, 0.1) is 5.71 Å². The van der Waals surface area contributed by atoms with E-state index in [1.54, 1.807) is 31.5 Å². The molecule has 0 aromatic carbocycles. The molecule has 1 heterocycles. The summed E-state index contributed by atoms with van der Waals surface area (Å²) in [4.78, 5) is 25.0. The maximum Gasteiger partial charge on any atom is 0.329 e. The van der Waals surface area contributed by atoms with Crippen LogP contribution in [0.5, 0.6) is 0 Å². The van der Waals surface area contributed by atoms with Gasteiger partial charge in [0, 0.05) is 18.0 Å². The van der Waals surface area contributed by atoms with E-state index in [2.05, 4.69) is 10.1 Å². The molecule has 0 fully saturated rings. The summed E-state index contributed by atoms with van der Waals surface area (Å²) < 4.78 is 0.